The minimum Gasteiger partial charge on any atom is -0.309 e. The van der Waals surface area contributed by atoms with E-state index in [4.69, 9.17) is 0 Å². The van der Waals surface area contributed by atoms with Crippen molar-refractivity contribution in [3.63, 3.8) is 0 Å². The first kappa shape index (κ1) is 18.4. The summed E-state index contributed by atoms with van der Waals surface area (Å²) in [4.78, 5) is 50.7. The highest BCUT2D eigenvalue weighted by Gasteiger charge is 2.35. The number of amides is 3. The van der Waals surface area contributed by atoms with Gasteiger partial charge >= 0.3 is 0 Å². The van der Waals surface area contributed by atoms with Crippen LogP contribution in [-0.4, -0.2) is 44.6 Å². The maximum atomic E-state index is 12.5. The van der Waals surface area contributed by atoms with Crippen LogP contribution in [0.2, 0.25) is 0 Å². The van der Waals surface area contributed by atoms with E-state index in [0.717, 1.165) is 16.0 Å². The molecule has 0 radical (unpaired) electrons. The zero-order valence-electron chi connectivity index (χ0n) is 15.8. The van der Waals surface area contributed by atoms with Gasteiger partial charge in [-0.05, 0) is 36.2 Å². The molecule has 1 aliphatic rings. The molecule has 0 fully saturated rings. The molecule has 1 aromatic carbocycles. The van der Waals surface area contributed by atoms with Crippen LogP contribution in [0.25, 0.3) is 11.3 Å². The van der Waals surface area contributed by atoms with E-state index in [2.05, 4.69) is 20.3 Å². The molecule has 29 heavy (non-hydrogen) atoms. The van der Waals surface area contributed by atoms with Crippen molar-refractivity contribution in [3.8, 4) is 11.3 Å². The minimum atomic E-state index is -0.395. The predicted molar refractivity (Wildman–Crippen MR) is 105 cm³/mol. The summed E-state index contributed by atoms with van der Waals surface area (Å²) in [5, 5.41) is 2.68. The topological polar surface area (TPSA) is 105 Å². The number of carbonyl (C=O) groups excluding carboxylic acids is 3. The van der Waals surface area contributed by atoms with Crippen molar-refractivity contribution in [2.75, 3.05) is 12.4 Å². The monoisotopic (exact) mass is 387 g/mol. The second kappa shape index (κ2) is 7.23. The fourth-order valence-corrected chi connectivity index (χ4v) is 3.28. The van der Waals surface area contributed by atoms with Crippen LogP contribution in [0.15, 0.2) is 49.1 Å². The van der Waals surface area contributed by atoms with Crippen molar-refractivity contribution in [2.45, 2.75) is 13.3 Å². The molecule has 0 spiro atoms. The van der Waals surface area contributed by atoms with Gasteiger partial charge in [0.25, 0.3) is 11.8 Å². The Kier molecular flexibility index (Phi) is 4.59. The van der Waals surface area contributed by atoms with E-state index in [1.54, 1.807) is 36.8 Å². The quantitative estimate of drug-likeness (QED) is 0.689. The van der Waals surface area contributed by atoms with Gasteiger partial charge in [0, 0.05) is 25.0 Å². The van der Waals surface area contributed by atoms with Crippen molar-refractivity contribution in [1.82, 2.24) is 19.9 Å². The third-order valence-electron chi connectivity index (χ3n) is 4.65. The summed E-state index contributed by atoms with van der Waals surface area (Å²) in [5.74, 6) is -0.803. The molecular formula is C21H17N5O3. The SMILES string of the molecule is Cc1cc(CC(=O)Nc2cnc(-c3cccnc3)cn2)c2c(c1)C(=O)N(C)C2=O. The van der Waals surface area contributed by atoms with E-state index in [1.165, 1.54) is 13.2 Å². The lowest BCUT2D eigenvalue weighted by Crippen LogP contribution is -2.24. The summed E-state index contributed by atoms with van der Waals surface area (Å²) in [6, 6.07) is 7.09. The molecule has 8 nitrogen and oxygen atoms in total. The van der Waals surface area contributed by atoms with E-state index < -0.39 is 5.91 Å². The molecule has 3 heterocycles. The van der Waals surface area contributed by atoms with Gasteiger partial charge in [0.1, 0.15) is 0 Å². The molecule has 0 atom stereocenters. The largest absolute Gasteiger partial charge is 0.309 e. The van der Waals surface area contributed by atoms with Gasteiger partial charge in [0.05, 0.1) is 35.6 Å². The number of rotatable bonds is 4. The summed E-state index contributed by atoms with van der Waals surface area (Å²) in [6.07, 6.45) is 6.31. The Bertz CT molecular complexity index is 1130. The van der Waals surface area contributed by atoms with E-state index in [1.807, 2.05) is 13.0 Å². The van der Waals surface area contributed by atoms with Crippen molar-refractivity contribution >= 4 is 23.5 Å². The van der Waals surface area contributed by atoms with Gasteiger partial charge in [-0.1, -0.05) is 6.07 Å². The number of benzene rings is 1. The number of carbonyl (C=O) groups is 3. The first-order chi connectivity index (χ1) is 13.9. The molecule has 2 aromatic heterocycles. The van der Waals surface area contributed by atoms with Crippen LogP contribution >= 0.6 is 0 Å². The normalized spacial score (nSPS) is 12.8. The van der Waals surface area contributed by atoms with E-state index in [-0.39, 0.29) is 23.8 Å². The van der Waals surface area contributed by atoms with E-state index in [0.29, 0.717) is 22.6 Å². The Morgan fingerprint density at radius 1 is 1.10 bits per heavy atom. The van der Waals surface area contributed by atoms with Gasteiger partial charge in [-0.25, -0.2) is 4.98 Å². The highest BCUT2D eigenvalue weighted by atomic mass is 16.2. The molecule has 0 bridgehead atoms. The highest BCUT2D eigenvalue weighted by molar-refractivity contribution is 6.22. The summed E-state index contributed by atoms with van der Waals surface area (Å²) in [7, 11) is 1.43. The number of fused-ring (bicyclic) bond motifs is 1. The molecule has 0 unspecified atom stereocenters. The molecule has 3 amide bonds. The fourth-order valence-electron chi connectivity index (χ4n) is 3.28. The number of imide groups is 1. The molecule has 4 rings (SSSR count). The smallest absolute Gasteiger partial charge is 0.261 e. The summed E-state index contributed by atoms with van der Waals surface area (Å²) in [5.41, 5.74) is 3.40. The third kappa shape index (κ3) is 3.47. The number of nitrogens with zero attached hydrogens (tertiary/aromatic N) is 4. The number of aryl methyl sites for hydroxylation is 1. The van der Waals surface area contributed by atoms with E-state index >= 15 is 0 Å². The third-order valence-corrected chi connectivity index (χ3v) is 4.65. The van der Waals surface area contributed by atoms with Crippen LogP contribution < -0.4 is 5.32 Å². The van der Waals surface area contributed by atoms with E-state index in [9.17, 15) is 14.4 Å². The van der Waals surface area contributed by atoms with Gasteiger partial charge in [-0.15, -0.1) is 0 Å². The molecule has 0 saturated heterocycles. The maximum absolute atomic E-state index is 12.5. The Balaban J connectivity index is 1.52. The number of aromatic nitrogens is 3. The van der Waals surface area contributed by atoms with Crippen molar-refractivity contribution in [2.24, 2.45) is 0 Å². The van der Waals surface area contributed by atoms with Gasteiger partial charge in [-0.3, -0.25) is 29.3 Å². The number of hydrogen-bond acceptors (Lipinski definition) is 6. The Labute approximate surface area is 166 Å². The van der Waals surface area contributed by atoms with Gasteiger partial charge in [0.15, 0.2) is 5.82 Å². The maximum Gasteiger partial charge on any atom is 0.261 e. The summed E-state index contributed by atoms with van der Waals surface area (Å²) < 4.78 is 0. The van der Waals surface area contributed by atoms with Crippen LogP contribution in [0.1, 0.15) is 31.8 Å². The van der Waals surface area contributed by atoms with Crippen molar-refractivity contribution < 1.29 is 14.4 Å². The number of nitrogens with one attached hydrogen (secondary N) is 1. The molecule has 3 aromatic rings. The van der Waals surface area contributed by atoms with Crippen LogP contribution in [0.4, 0.5) is 5.82 Å². The number of hydrogen-bond donors (Lipinski definition) is 1. The number of pyridine rings is 1. The van der Waals surface area contributed by atoms with Gasteiger partial charge < -0.3 is 5.32 Å². The Morgan fingerprint density at radius 2 is 1.93 bits per heavy atom. The Hall–Kier alpha value is -3.94. The molecule has 1 N–H and O–H groups in total. The predicted octanol–water partition coefficient (Wildman–Crippen LogP) is 2.25. The zero-order valence-corrected chi connectivity index (χ0v) is 15.8. The summed E-state index contributed by atoms with van der Waals surface area (Å²) in [6.45, 7) is 1.82. The lowest BCUT2D eigenvalue weighted by atomic mass is 9.97. The van der Waals surface area contributed by atoms with Crippen LogP contribution in [0, 0.1) is 6.92 Å². The molecule has 1 aliphatic heterocycles. The first-order valence-corrected chi connectivity index (χ1v) is 8.92. The number of anilines is 1. The molecule has 0 aliphatic carbocycles. The second-order valence-electron chi connectivity index (χ2n) is 6.77. The molecule has 0 saturated carbocycles. The van der Waals surface area contributed by atoms with Crippen LogP contribution in [0.3, 0.4) is 0 Å². The summed E-state index contributed by atoms with van der Waals surface area (Å²) >= 11 is 0. The van der Waals surface area contributed by atoms with Crippen LogP contribution in [-0.2, 0) is 11.2 Å². The first-order valence-electron chi connectivity index (χ1n) is 8.92. The molecule has 8 heteroatoms. The lowest BCUT2D eigenvalue weighted by molar-refractivity contribution is -0.115. The molecule has 144 valence electrons. The highest BCUT2D eigenvalue weighted by Crippen LogP contribution is 2.27. The van der Waals surface area contributed by atoms with Crippen LogP contribution in [0.5, 0.6) is 0 Å². The Morgan fingerprint density at radius 3 is 2.62 bits per heavy atom. The average molecular weight is 387 g/mol. The van der Waals surface area contributed by atoms with Crippen molar-refractivity contribution in [1.29, 1.82) is 0 Å². The van der Waals surface area contributed by atoms with Crippen molar-refractivity contribution in [3.05, 3.63) is 71.3 Å². The average Bonchev–Trinajstić information content (AvgIpc) is 2.93. The standard InChI is InChI=1S/C21H17N5O3/c1-12-6-14(19-15(7-12)20(28)26(2)21(19)29)8-18(27)25-17-11-23-16(10-24-17)13-4-3-5-22-9-13/h3-7,9-11H,8H2,1-2H3,(H,24,25,27). The minimum absolute atomic E-state index is 0.0527. The van der Waals surface area contributed by atoms with Gasteiger partial charge in [-0.2, -0.15) is 0 Å². The lowest BCUT2D eigenvalue weighted by Gasteiger charge is -2.09. The fraction of sp³-hybridized carbons (Fsp3) is 0.143. The second-order valence-corrected chi connectivity index (χ2v) is 6.77. The zero-order chi connectivity index (χ0) is 20.5. The van der Waals surface area contributed by atoms with Gasteiger partial charge in [0.2, 0.25) is 5.91 Å². The molecular weight excluding hydrogens is 370 g/mol.